The van der Waals surface area contributed by atoms with E-state index in [0.29, 0.717) is 0 Å². The zero-order valence-electron chi connectivity index (χ0n) is 13.2. The summed E-state index contributed by atoms with van der Waals surface area (Å²) in [6.45, 7) is 5.78. The van der Waals surface area contributed by atoms with E-state index in [-0.39, 0.29) is 24.4 Å². The van der Waals surface area contributed by atoms with Crippen molar-refractivity contribution >= 4 is 18.3 Å². The Morgan fingerprint density at radius 3 is 1.82 bits per heavy atom. The molecule has 1 amide bonds. The van der Waals surface area contributed by atoms with Gasteiger partial charge in [-0.05, 0) is 31.9 Å². The number of benzene rings is 2. The first-order chi connectivity index (χ1) is 9.97. The number of hydrogen-bond donors (Lipinski definition) is 2. The molecule has 0 radical (unpaired) electrons. The third-order valence-electron chi connectivity index (χ3n) is 3.45. The third kappa shape index (κ3) is 4.58. The second kappa shape index (κ2) is 7.97. The molecule has 0 aliphatic heterocycles. The van der Waals surface area contributed by atoms with Gasteiger partial charge < -0.3 is 11.1 Å². The molecular weight excluding hydrogens is 296 g/mol. The van der Waals surface area contributed by atoms with E-state index in [1.165, 1.54) is 11.1 Å². The van der Waals surface area contributed by atoms with Gasteiger partial charge in [-0.3, -0.25) is 4.79 Å². The lowest BCUT2D eigenvalue weighted by Crippen LogP contribution is -2.40. The molecule has 0 aliphatic rings. The van der Waals surface area contributed by atoms with E-state index in [1.54, 1.807) is 6.92 Å². The van der Waals surface area contributed by atoms with Crippen LogP contribution in [0.3, 0.4) is 0 Å². The van der Waals surface area contributed by atoms with Gasteiger partial charge in [-0.15, -0.1) is 12.4 Å². The molecule has 0 spiro atoms. The van der Waals surface area contributed by atoms with Crippen molar-refractivity contribution in [2.24, 2.45) is 5.73 Å². The Balaban J connectivity index is 0.00000242. The smallest absolute Gasteiger partial charge is 0.237 e. The molecule has 0 bridgehead atoms. The van der Waals surface area contributed by atoms with E-state index in [4.69, 9.17) is 5.73 Å². The number of nitrogens with one attached hydrogen (secondary N) is 1. The summed E-state index contributed by atoms with van der Waals surface area (Å²) >= 11 is 0. The SMILES string of the molecule is Cc1cccc(C(NC(=O)[C@H](C)N)c2cccc(C)c2)c1.Cl. The Labute approximate surface area is 138 Å². The van der Waals surface area contributed by atoms with E-state index >= 15 is 0 Å². The first-order valence-electron chi connectivity index (χ1n) is 7.16. The van der Waals surface area contributed by atoms with Crippen molar-refractivity contribution in [1.29, 1.82) is 0 Å². The highest BCUT2D eigenvalue weighted by molar-refractivity contribution is 5.85. The van der Waals surface area contributed by atoms with Crippen LogP contribution in [-0.2, 0) is 4.79 Å². The molecule has 0 saturated carbocycles. The Morgan fingerprint density at radius 2 is 1.45 bits per heavy atom. The van der Waals surface area contributed by atoms with Crippen LogP contribution in [0, 0.1) is 13.8 Å². The number of nitrogens with two attached hydrogens (primary N) is 1. The summed E-state index contributed by atoms with van der Waals surface area (Å²) in [4.78, 5) is 12.0. The highest BCUT2D eigenvalue weighted by Gasteiger charge is 2.18. The van der Waals surface area contributed by atoms with Crippen LogP contribution < -0.4 is 11.1 Å². The van der Waals surface area contributed by atoms with Crippen LogP contribution >= 0.6 is 12.4 Å². The van der Waals surface area contributed by atoms with E-state index in [9.17, 15) is 4.79 Å². The Morgan fingerprint density at radius 1 is 1.00 bits per heavy atom. The zero-order valence-corrected chi connectivity index (χ0v) is 14.0. The average Bonchev–Trinajstić information content (AvgIpc) is 2.44. The summed E-state index contributed by atoms with van der Waals surface area (Å²) in [7, 11) is 0. The van der Waals surface area contributed by atoms with Gasteiger partial charge in [0.05, 0.1) is 12.1 Å². The second-order valence-electron chi connectivity index (χ2n) is 5.56. The van der Waals surface area contributed by atoms with Gasteiger partial charge >= 0.3 is 0 Å². The van der Waals surface area contributed by atoms with Crippen molar-refractivity contribution < 1.29 is 4.79 Å². The minimum absolute atomic E-state index is 0. The van der Waals surface area contributed by atoms with Gasteiger partial charge in [0.1, 0.15) is 0 Å². The fourth-order valence-corrected chi connectivity index (χ4v) is 2.33. The van der Waals surface area contributed by atoms with E-state index in [0.717, 1.165) is 11.1 Å². The molecule has 0 heterocycles. The first kappa shape index (κ1) is 18.2. The molecule has 22 heavy (non-hydrogen) atoms. The molecule has 1 atom stereocenters. The maximum atomic E-state index is 12.0. The predicted octanol–water partition coefficient (Wildman–Crippen LogP) is 3.28. The van der Waals surface area contributed by atoms with Crippen LogP contribution in [0.25, 0.3) is 0 Å². The molecule has 0 fully saturated rings. The van der Waals surface area contributed by atoms with Gasteiger partial charge in [0.2, 0.25) is 5.91 Å². The van der Waals surface area contributed by atoms with Crippen molar-refractivity contribution in [3.8, 4) is 0 Å². The predicted molar refractivity (Wildman–Crippen MR) is 93.2 cm³/mol. The average molecular weight is 319 g/mol. The molecule has 4 heteroatoms. The van der Waals surface area contributed by atoms with Crippen molar-refractivity contribution in [2.45, 2.75) is 32.9 Å². The normalized spacial score (nSPS) is 11.7. The summed E-state index contributed by atoms with van der Waals surface area (Å²) < 4.78 is 0. The second-order valence-corrected chi connectivity index (χ2v) is 5.56. The van der Waals surface area contributed by atoms with Gasteiger partial charge in [-0.25, -0.2) is 0 Å². The fourth-order valence-electron chi connectivity index (χ4n) is 2.33. The monoisotopic (exact) mass is 318 g/mol. The van der Waals surface area contributed by atoms with Crippen LogP contribution in [0.15, 0.2) is 48.5 Å². The number of halogens is 1. The van der Waals surface area contributed by atoms with Gasteiger partial charge in [0.25, 0.3) is 0 Å². The molecule has 0 saturated heterocycles. The van der Waals surface area contributed by atoms with E-state index in [1.807, 2.05) is 50.2 Å². The molecule has 2 aromatic carbocycles. The van der Waals surface area contributed by atoms with Gasteiger partial charge in [0.15, 0.2) is 0 Å². The van der Waals surface area contributed by atoms with Crippen molar-refractivity contribution in [3.63, 3.8) is 0 Å². The van der Waals surface area contributed by atoms with Crippen LogP contribution in [0.4, 0.5) is 0 Å². The number of amides is 1. The van der Waals surface area contributed by atoms with Crippen LogP contribution in [0.1, 0.15) is 35.2 Å². The lowest BCUT2D eigenvalue weighted by atomic mass is 9.96. The first-order valence-corrected chi connectivity index (χ1v) is 7.16. The number of carbonyl (C=O) groups excluding carboxylic acids is 1. The molecule has 3 nitrogen and oxygen atoms in total. The van der Waals surface area contributed by atoms with Crippen molar-refractivity contribution in [3.05, 3.63) is 70.8 Å². The summed E-state index contributed by atoms with van der Waals surface area (Å²) in [6.07, 6.45) is 0. The topological polar surface area (TPSA) is 55.1 Å². The minimum Gasteiger partial charge on any atom is -0.344 e. The van der Waals surface area contributed by atoms with Gasteiger partial charge in [0, 0.05) is 0 Å². The number of rotatable bonds is 4. The minimum atomic E-state index is -0.526. The lowest BCUT2D eigenvalue weighted by Gasteiger charge is -2.22. The maximum absolute atomic E-state index is 12.0. The van der Waals surface area contributed by atoms with Gasteiger partial charge in [-0.1, -0.05) is 59.7 Å². The Hall–Kier alpha value is -1.84. The third-order valence-corrected chi connectivity index (χ3v) is 3.45. The summed E-state index contributed by atoms with van der Waals surface area (Å²) in [5.41, 5.74) is 10.2. The number of aryl methyl sites for hydroxylation is 2. The molecular formula is C18H23ClN2O. The van der Waals surface area contributed by atoms with Gasteiger partial charge in [-0.2, -0.15) is 0 Å². The highest BCUT2D eigenvalue weighted by atomic mass is 35.5. The highest BCUT2D eigenvalue weighted by Crippen LogP contribution is 2.23. The standard InChI is InChI=1S/C18H22N2O.ClH/c1-12-6-4-8-15(10-12)17(20-18(21)14(3)19)16-9-5-7-13(2)11-16;/h4-11,14,17H,19H2,1-3H3,(H,20,21);1H/t14-;/m0./s1. The van der Waals surface area contributed by atoms with E-state index in [2.05, 4.69) is 17.4 Å². The summed E-state index contributed by atoms with van der Waals surface area (Å²) in [5.74, 6) is -0.150. The van der Waals surface area contributed by atoms with Crippen LogP contribution in [0.5, 0.6) is 0 Å². The molecule has 0 unspecified atom stereocenters. The zero-order chi connectivity index (χ0) is 15.4. The van der Waals surface area contributed by atoms with Crippen LogP contribution in [0.2, 0.25) is 0 Å². The number of carbonyl (C=O) groups is 1. The van der Waals surface area contributed by atoms with Crippen molar-refractivity contribution in [1.82, 2.24) is 5.32 Å². The number of hydrogen-bond acceptors (Lipinski definition) is 2. The summed E-state index contributed by atoms with van der Waals surface area (Å²) in [5, 5.41) is 3.04. The lowest BCUT2D eigenvalue weighted by molar-refractivity contribution is -0.122. The molecule has 118 valence electrons. The fraction of sp³-hybridized carbons (Fsp3) is 0.278. The van der Waals surface area contributed by atoms with E-state index < -0.39 is 6.04 Å². The quantitative estimate of drug-likeness (QED) is 0.909. The molecule has 2 aromatic rings. The molecule has 3 N–H and O–H groups in total. The van der Waals surface area contributed by atoms with Crippen LogP contribution in [-0.4, -0.2) is 11.9 Å². The summed E-state index contributed by atoms with van der Waals surface area (Å²) in [6, 6.07) is 15.6. The molecule has 2 rings (SSSR count). The maximum Gasteiger partial charge on any atom is 0.237 e. The van der Waals surface area contributed by atoms with Crippen molar-refractivity contribution in [2.75, 3.05) is 0 Å². The Bertz CT molecular complexity index is 595. The largest absolute Gasteiger partial charge is 0.344 e. The Kier molecular flexibility index (Phi) is 6.60. The molecule has 0 aromatic heterocycles. The molecule has 0 aliphatic carbocycles.